The van der Waals surface area contributed by atoms with Gasteiger partial charge in [0.05, 0.1) is 4.92 Å². The fraction of sp³-hybridized carbons (Fsp3) is 0.538. The molecule has 0 aromatic heterocycles. The van der Waals surface area contributed by atoms with E-state index in [0.29, 0.717) is 11.7 Å². The lowest BCUT2D eigenvalue weighted by atomic mass is 9.97. The third-order valence-corrected chi connectivity index (χ3v) is 3.41. The molecule has 5 nitrogen and oxygen atoms in total. The van der Waals surface area contributed by atoms with Gasteiger partial charge in [0, 0.05) is 12.6 Å². The predicted octanol–water partition coefficient (Wildman–Crippen LogP) is 2.28. The highest BCUT2D eigenvalue weighted by atomic mass is 16.6. The second-order valence-electron chi connectivity index (χ2n) is 4.81. The van der Waals surface area contributed by atoms with Crippen LogP contribution in [0.4, 0.5) is 5.69 Å². The average molecular weight is 250 g/mol. The van der Waals surface area contributed by atoms with Crippen molar-refractivity contribution in [2.45, 2.75) is 26.4 Å². The molecular weight excluding hydrogens is 232 g/mol. The maximum absolute atomic E-state index is 11.0. The molecule has 0 saturated carbocycles. The highest BCUT2D eigenvalue weighted by molar-refractivity contribution is 5.51. The molecule has 0 bridgehead atoms. The van der Waals surface area contributed by atoms with Crippen LogP contribution < -0.4 is 10.1 Å². The molecule has 18 heavy (non-hydrogen) atoms. The van der Waals surface area contributed by atoms with Gasteiger partial charge in [-0.05, 0) is 31.4 Å². The summed E-state index contributed by atoms with van der Waals surface area (Å²) in [5.41, 5.74) is 0.856. The van der Waals surface area contributed by atoms with Crippen LogP contribution >= 0.6 is 0 Å². The largest absolute Gasteiger partial charge is 0.482 e. The first kappa shape index (κ1) is 12.8. The molecule has 1 fully saturated rings. The fourth-order valence-corrected chi connectivity index (χ4v) is 2.20. The number of nitro groups is 1. The van der Waals surface area contributed by atoms with E-state index in [1.807, 2.05) is 13.0 Å². The summed E-state index contributed by atoms with van der Waals surface area (Å²) in [7, 11) is 0. The maximum atomic E-state index is 11.0. The van der Waals surface area contributed by atoms with Crippen LogP contribution in [-0.4, -0.2) is 24.1 Å². The first-order valence-electron chi connectivity index (χ1n) is 6.21. The SMILES string of the molecule is Cc1cccc([N+](=O)[O-])c1OC1CNCCC1C. The highest BCUT2D eigenvalue weighted by Crippen LogP contribution is 2.32. The molecule has 98 valence electrons. The van der Waals surface area contributed by atoms with E-state index in [0.717, 1.165) is 25.1 Å². The Hall–Kier alpha value is -1.62. The molecule has 0 radical (unpaired) electrons. The zero-order valence-corrected chi connectivity index (χ0v) is 10.7. The first-order valence-corrected chi connectivity index (χ1v) is 6.21. The van der Waals surface area contributed by atoms with Gasteiger partial charge in [-0.3, -0.25) is 10.1 Å². The smallest absolute Gasteiger partial charge is 0.311 e. The molecule has 0 aliphatic carbocycles. The summed E-state index contributed by atoms with van der Waals surface area (Å²) in [4.78, 5) is 10.6. The van der Waals surface area contributed by atoms with Gasteiger partial charge in [0.15, 0.2) is 5.75 Å². The minimum absolute atomic E-state index is 0.00134. The summed E-state index contributed by atoms with van der Waals surface area (Å²) < 4.78 is 5.89. The summed E-state index contributed by atoms with van der Waals surface area (Å²) in [6.07, 6.45) is 1.03. The van der Waals surface area contributed by atoms with Crippen molar-refractivity contribution < 1.29 is 9.66 Å². The topological polar surface area (TPSA) is 64.4 Å². The second-order valence-corrected chi connectivity index (χ2v) is 4.81. The van der Waals surface area contributed by atoms with Gasteiger partial charge in [-0.25, -0.2) is 0 Å². The lowest BCUT2D eigenvalue weighted by Crippen LogP contribution is -2.43. The van der Waals surface area contributed by atoms with Crippen LogP contribution in [0.5, 0.6) is 5.75 Å². The quantitative estimate of drug-likeness (QED) is 0.660. The molecule has 1 aromatic rings. The van der Waals surface area contributed by atoms with Crippen LogP contribution in [0, 0.1) is 23.0 Å². The molecule has 1 aromatic carbocycles. The predicted molar refractivity (Wildman–Crippen MR) is 68.9 cm³/mol. The van der Waals surface area contributed by atoms with Gasteiger partial charge in [0.25, 0.3) is 0 Å². The van der Waals surface area contributed by atoms with E-state index in [1.165, 1.54) is 6.07 Å². The number of aryl methyl sites for hydroxylation is 1. The lowest BCUT2D eigenvalue weighted by molar-refractivity contribution is -0.386. The number of nitrogens with one attached hydrogen (secondary N) is 1. The minimum Gasteiger partial charge on any atom is -0.482 e. The third-order valence-electron chi connectivity index (χ3n) is 3.41. The molecular formula is C13H18N2O3. The van der Waals surface area contributed by atoms with Crippen molar-refractivity contribution in [1.29, 1.82) is 0 Å². The Balaban J connectivity index is 2.24. The Morgan fingerprint density at radius 3 is 2.94 bits per heavy atom. The summed E-state index contributed by atoms with van der Waals surface area (Å²) in [5, 5.41) is 14.3. The molecule has 2 unspecified atom stereocenters. The van der Waals surface area contributed by atoms with Crippen molar-refractivity contribution in [3.8, 4) is 5.75 Å². The Morgan fingerprint density at radius 1 is 1.50 bits per heavy atom. The standard InChI is InChI=1S/C13H18N2O3/c1-9-6-7-14-8-12(9)18-13-10(2)4-3-5-11(13)15(16)17/h3-5,9,12,14H,6-8H2,1-2H3. The van der Waals surface area contributed by atoms with Crippen LogP contribution in [0.1, 0.15) is 18.9 Å². The van der Waals surface area contributed by atoms with E-state index in [2.05, 4.69) is 12.2 Å². The van der Waals surface area contributed by atoms with Crippen molar-refractivity contribution in [2.75, 3.05) is 13.1 Å². The number of piperidine rings is 1. The van der Waals surface area contributed by atoms with E-state index in [4.69, 9.17) is 4.74 Å². The minimum atomic E-state index is -0.386. The first-order chi connectivity index (χ1) is 8.59. The van der Waals surface area contributed by atoms with E-state index >= 15 is 0 Å². The molecule has 2 atom stereocenters. The molecule has 1 aliphatic heterocycles. The fourth-order valence-electron chi connectivity index (χ4n) is 2.20. The lowest BCUT2D eigenvalue weighted by Gasteiger charge is -2.30. The van der Waals surface area contributed by atoms with Gasteiger partial charge < -0.3 is 10.1 Å². The molecule has 1 N–H and O–H groups in total. The highest BCUT2D eigenvalue weighted by Gasteiger charge is 2.26. The Bertz CT molecular complexity index is 448. The maximum Gasteiger partial charge on any atom is 0.311 e. The van der Waals surface area contributed by atoms with Gasteiger partial charge in [-0.15, -0.1) is 0 Å². The van der Waals surface area contributed by atoms with Crippen LogP contribution in [0.3, 0.4) is 0 Å². The zero-order valence-electron chi connectivity index (χ0n) is 10.7. The number of nitrogens with zero attached hydrogens (tertiary/aromatic N) is 1. The number of ether oxygens (including phenoxy) is 1. The van der Waals surface area contributed by atoms with E-state index < -0.39 is 0 Å². The number of nitro benzene ring substituents is 1. The molecule has 5 heteroatoms. The molecule has 1 heterocycles. The van der Waals surface area contributed by atoms with E-state index in [9.17, 15) is 10.1 Å². The van der Waals surface area contributed by atoms with Gasteiger partial charge in [0.2, 0.25) is 0 Å². The Kier molecular flexibility index (Phi) is 3.81. The summed E-state index contributed by atoms with van der Waals surface area (Å²) in [6.45, 7) is 5.68. The average Bonchev–Trinajstić information content (AvgIpc) is 2.34. The Labute approximate surface area is 106 Å². The molecule has 0 amide bonds. The number of para-hydroxylation sites is 1. The van der Waals surface area contributed by atoms with Crippen molar-refractivity contribution in [2.24, 2.45) is 5.92 Å². The van der Waals surface area contributed by atoms with Crippen molar-refractivity contribution in [3.63, 3.8) is 0 Å². The van der Waals surface area contributed by atoms with Crippen LogP contribution in [-0.2, 0) is 0 Å². The van der Waals surface area contributed by atoms with Crippen LogP contribution in [0.2, 0.25) is 0 Å². The summed E-state index contributed by atoms with van der Waals surface area (Å²) in [5.74, 6) is 0.813. The summed E-state index contributed by atoms with van der Waals surface area (Å²) in [6, 6.07) is 5.01. The second kappa shape index (κ2) is 5.35. The number of benzene rings is 1. The number of hydrogen-bond donors (Lipinski definition) is 1. The number of hydrogen-bond acceptors (Lipinski definition) is 4. The molecule has 0 spiro atoms. The van der Waals surface area contributed by atoms with E-state index in [1.54, 1.807) is 6.07 Å². The molecule has 1 saturated heterocycles. The van der Waals surface area contributed by atoms with Crippen LogP contribution in [0.25, 0.3) is 0 Å². The van der Waals surface area contributed by atoms with Crippen molar-refractivity contribution in [1.82, 2.24) is 5.32 Å². The van der Waals surface area contributed by atoms with Crippen molar-refractivity contribution in [3.05, 3.63) is 33.9 Å². The van der Waals surface area contributed by atoms with Gasteiger partial charge in [-0.1, -0.05) is 19.1 Å². The monoisotopic (exact) mass is 250 g/mol. The van der Waals surface area contributed by atoms with Crippen molar-refractivity contribution >= 4 is 5.69 Å². The van der Waals surface area contributed by atoms with Gasteiger partial charge >= 0.3 is 5.69 Å². The molecule has 1 aliphatic rings. The normalized spacial score (nSPS) is 23.7. The Morgan fingerprint density at radius 2 is 2.28 bits per heavy atom. The van der Waals surface area contributed by atoms with E-state index in [-0.39, 0.29) is 16.7 Å². The number of rotatable bonds is 3. The van der Waals surface area contributed by atoms with Gasteiger partial charge in [0.1, 0.15) is 6.10 Å². The third kappa shape index (κ3) is 2.61. The van der Waals surface area contributed by atoms with Crippen LogP contribution in [0.15, 0.2) is 18.2 Å². The zero-order chi connectivity index (χ0) is 13.1. The molecule has 2 rings (SSSR count). The van der Waals surface area contributed by atoms with Gasteiger partial charge in [-0.2, -0.15) is 0 Å². The summed E-state index contributed by atoms with van der Waals surface area (Å²) >= 11 is 0.